The number of hydrogen-bond acceptors (Lipinski definition) is 4. The molecule has 0 aromatic carbocycles. The minimum absolute atomic E-state index is 0.153. The van der Waals surface area contributed by atoms with Crippen LogP contribution in [0.1, 0.15) is 25.6 Å². The number of imidazole rings is 1. The normalized spacial score (nSPS) is 26.4. The summed E-state index contributed by atoms with van der Waals surface area (Å²) in [4.78, 5) is 6.72. The van der Waals surface area contributed by atoms with Crippen molar-refractivity contribution in [2.45, 2.75) is 37.3 Å². The number of aryl methyl sites for hydroxylation is 1. The lowest BCUT2D eigenvalue weighted by atomic mass is 9.96. The maximum absolute atomic E-state index is 12.4. The molecule has 1 aromatic heterocycles. The minimum atomic E-state index is -3.49. The Morgan fingerprint density at radius 1 is 1.56 bits per heavy atom. The fourth-order valence-corrected chi connectivity index (χ4v) is 3.75. The molecule has 1 aliphatic rings. The van der Waals surface area contributed by atoms with Crippen molar-refractivity contribution in [3.63, 3.8) is 0 Å². The summed E-state index contributed by atoms with van der Waals surface area (Å²) in [6.07, 6.45) is 3.04. The number of nitrogens with one attached hydrogen (secondary N) is 1. The Hall–Kier alpha value is -0.920. The molecule has 1 aromatic rings. The molecular formula is C11H19N3O3S. The molecule has 7 heteroatoms. The highest BCUT2D eigenvalue weighted by Gasteiger charge is 2.37. The molecule has 0 saturated carbocycles. The molecule has 0 spiro atoms. The van der Waals surface area contributed by atoms with Gasteiger partial charge in [-0.25, -0.2) is 13.4 Å². The van der Waals surface area contributed by atoms with Gasteiger partial charge in [0.15, 0.2) is 5.03 Å². The largest absolute Gasteiger partial charge is 0.377 e. The monoisotopic (exact) mass is 273 g/mol. The van der Waals surface area contributed by atoms with Crippen LogP contribution in [0.4, 0.5) is 0 Å². The number of nitrogens with zero attached hydrogens (tertiary/aromatic N) is 2. The zero-order valence-electron chi connectivity index (χ0n) is 10.9. The van der Waals surface area contributed by atoms with Crippen LogP contribution < -0.4 is 0 Å². The summed E-state index contributed by atoms with van der Waals surface area (Å²) in [5, 5.41) is 0.153. The van der Waals surface area contributed by atoms with E-state index in [1.165, 1.54) is 10.5 Å². The summed E-state index contributed by atoms with van der Waals surface area (Å²) in [6, 6.07) is 0. The minimum Gasteiger partial charge on any atom is -0.377 e. The second-order valence-electron chi connectivity index (χ2n) is 4.93. The zero-order chi connectivity index (χ0) is 13.4. The maximum atomic E-state index is 12.4. The van der Waals surface area contributed by atoms with Crippen molar-refractivity contribution in [1.82, 2.24) is 14.3 Å². The Balaban J connectivity index is 2.25. The third-order valence-electron chi connectivity index (χ3n) is 3.41. The highest BCUT2D eigenvalue weighted by molar-refractivity contribution is 7.89. The molecule has 18 heavy (non-hydrogen) atoms. The number of sulfonamides is 1. The summed E-state index contributed by atoms with van der Waals surface area (Å²) >= 11 is 0. The first kappa shape index (κ1) is 13.5. The number of H-pyrrole nitrogens is 1. The molecular weight excluding hydrogens is 254 g/mol. The van der Waals surface area contributed by atoms with Gasteiger partial charge in [-0.05, 0) is 26.7 Å². The van der Waals surface area contributed by atoms with Gasteiger partial charge in [-0.1, -0.05) is 0 Å². The maximum Gasteiger partial charge on any atom is 0.260 e. The summed E-state index contributed by atoms with van der Waals surface area (Å²) in [6.45, 7) is 4.57. The van der Waals surface area contributed by atoms with Crippen LogP contribution in [0.3, 0.4) is 0 Å². The van der Waals surface area contributed by atoms with Gasteiger partial charge in [0.1, 0.15) is 5.82 Å². The van der Waals surface area contributed by atoms with E-state index < -0.39 is 15.6 Å². The summed E-state index contributed by atoms with van der Waals surface area (Å²) in [5.74, 6) is 0.597. The van der Waals surface area contributed by atoms with Crippen LogP contribution in [0.25, 0.3) is 0 Å². The molecule has 1 atom stereocenters. The number of methoxy groups -OCH3 is 1. The topological polar surface area (TPSA) is 75.3 Å². The average Bonchev–Trinajstić information content (AvgIpc) is 2.77. The fraction of sp³-hybridized carbons (Fsp3) is 0.727. The second kappa shape index (κ2) is 4.64. The van der Waals surface area contributed by atoms with Gasteiger partial charge in [-0.2, -0.15) is 4.31 Å². The van der Waals surface area contributed by atoms with E-state index in [9.17, 15) is 8.42 Å². The fourth-order valence-electron chi connectivity index (χ4n) is 2.20. The van der Waals surface area contributed by atoms with Crippen molar-refractivity contribution in [2.75, 3.05) is 20.2 Å². The first-order chi connectivity index (χ1) is 8.37. The van der Waals surface area contributed by atoms with Gasteiger partial charge in [-0.3, -0.25) is 0 Å². The van der Waals surface area contributed by atoms with Crippen molar-refractivity contribution < 1.29 is 13.2 Å². The van der Waals surface area contributed by atoms with Gasteiger partial charge in [0, 0.05) is 20.2 Å². The third-order valence-corrected chi connectivity index (χ3v) is 5.17. The van der Waals surface area contributed by atoms with Crippen LogP contribution in [0, 0.1) is 6.92 Å². The van der Waals surface area contributed by atoms with Gasteiger partial charge < -0.3 is 9.72 Å². The Labute approximate surface area is 107 Å². The number of rotatable bonds is 3. The predicted octanol–water partition coefficient (Wildman–Crippen LogP) is 0.908. The first-order valence-electron chi connectivity index (χ1n) is 5.94. The zero-order valence-corrected chi connectivity index (χ0v) is 11.7. The Kier molecular flexibility index (Phi) is 3.48. The SMILES string of the molecule is COC1(C)CCCN(S(=O)(=O)c2cnc(C)[nH]2)C1. The Bertz CT molecular complexity index is 525. The number of hydrogen-bond donors (Lipinski definition) is 1. The molecule has 0 radical (unpaired) electrons. The molecule has 102 valence electrons. The van der Waals surface area contributed by atoms with E-state index in [4.69, 9.17) is 4.74 Å². The van der Waals surface area contributed by atoms with Crippen molar-refractivity contribution in [2.24, 2.45) is 0 Å². The van der Waals surface area contributed by atoms with Crippen LogP contribution >= 0.6 is 0 Å². The average molecular weight is 273 g/mol. The van der Waals surface area contributed by atoms with Crippen LogP contribution in [-0.4, -0.2) is 48.5 Å². The Morgan fingerprint density at radius 3 is 2.83 bits per heavy atom. The molecule has 1 aliphatic heterocycles. The predicted molar refractivity (Wildman–Crippen MR) is 66.7 cm³/mol. The molecule has 2 rings (SSSR count). The molecule has 0 aliphatic carbocycles. The van der Waals surface area contributed by atoms with Gasteiger partial charge in [0.05, 0.1) is 11.8 Å². The number of ether oxygens (including phenoxy) is 1. The number of piperidine rings is 1. The molecule has 0 amide bonds. The van der Waals surface area contributed by atoms with Crippen molar-refractivity contribution in [3.8, 4) is 0 Å². The van der Waals surface area contributed by atoms with E-state index in [2.05, 4.69) is 9.97 Å². The number of aromatic nitrogens is 2. The molecule has 1 fully saturated rings. The second-order valence-corrected chi connectivity index (χ2v) is 6.84. The van der Waals surface area contributed by atoms with Crippen molar-refractivity contribution in [3.05, 3.63) is 12.0 Å². The van der Waals surface area contributed by atoms with Crippen molar-refractivity contribution in [1.29, 1.82) is 0 Å². The van der Waals surface area contributed by atoms with Gasteiger partial charge in [0.2, 0.25) is 0 Å². The standard InChI is InChI=1S/C11H19N3O3S/c1-9-12-7-10(13-9)18(15,16)14-6-4-5-11(2,8-14)17-3/h7H,4-6,8H2,1-3H3,(H,12,13). The van der Waals surface area contributed by atoms with E-state index >= 15 is 0 Å². The van der Waals surface area contributed by atoms with Crippen LogP contribution in [-0.2, 0) is 14.8 Å². The molecule has 1 unspecified atom stereocenters. The van der Waals surface area contributed by atoms with E-state index in [1.807, 2.05) is 6.92 Å². The molecule has 2 heterocycles. The van der Waals surface area contributed by atoms with E-state index in [1.54, 1.807) is 14.0 Å². The summed E-state index contributed by atoms with van der Waals surface area (Å²) in [5.41, 5.74) is -0.402. The smallest absolute Gasteiger partial charge is 0.260 e. The highest BCUT2D eigenvalue weighted by atomic mass is 32.2. The molecule has 6 nitrogen and oxygen atoms in total. The quantitative estimate of drug-likeness (QED) is 0.888. The van der Waals surface area contributed by atoms with Crippen LogP contribution in [0.5, 0.6) is 0 Å². The van der Waals surface area contributed by atoms with Gasteiger partial charge in [0.25, 0.3) is 10.0 Å². The van der Waals surface area contributed by atoms with Crippen LogP contribution in [0.2, 0.25) is 0 Å². The summed E-state index contributed by atoms with van der Waals surface area (Å²) in [7, 11) is -1.87. The number of aromatic amines is 1. The Morgan fingerprint density at radius 2 is 2.28 bits per heavy atom. The van der Waals surface area contributed by atoms with Gasteiger partial charge in [-0.15, -0.1) is 0 Å². The lowest BCUT2D eigenvalue weighted by molar-refractivity contribution is -0.0319. The van der Waals surface area contributed by atoms with Crippen molar-refractivity contribution >= 4 is 10.0 Å². The summed E-state index contributed by atoms with van der Waals surface area (Å²) < 4.78 is 31.7. The van der Waals surface area contributed by atoms with Gasteiger partial charge >= 0.3 is 0 Å². The highest BCUT2D eigenvalue weighted by Crippen LogP contribution is 2.27. The molecule has 0 bridgehead atoms. The third kappa shape index (κ3) is 2.43. The lowest BCUT2D eigenvalue weighted by Gasteiger charge is -2.38. The van der Waals surface area contributed by atoms with Crippen LogP contribution in [0.15, 0.2) is 11.2 Å². The first-order valence-corrected chi connectivity index (χ1v) is 7.38. The van der Waals surface area contributed by atoms with E-state index in [0.29, 0.717) is 18.9 Å². The molecule has 1 N–H and O–H groups in total. The van der Waals surface area contributed by atoms with E-state index in [0.717, 1.165) is 12.8 Å². The molecule has 1 saturated heterocycles. The lowest BCUT2D eigenvalue weighted by Crippen LogP contribution is -2.49. The van der Waals surface area contributed by atoms with E-state index in [-0.39, 0.29) is 5.03 Å².